The van der Waals surface area contributed by atoms with E-state index in [1.54, 1.807) is 4.68 Å². The number of benzene rings is 2. The lowest BCUT2D eigenvalue weighted by atomic mass is 10.1. The third-order valence-electron chi connectivity index (χ3n) is 5.44. The molecule has 4 aromatic rings. The molecule has 0 bridgehead atoms. The summed E-state index contributed by atoms with van der Waals surface area (Å²) in [4.78, 5) is 0. The Morgan fingerprint density at radius 3 is 2.39 bits per heavy atom. The van der Waals surface area contributed by atoms with Crippen LogP contribution in [0.15, 0.2) is 65.1 Å². The number of rotatable bonds is 5. The summed E-state index contributed by atoms with van der Waals surface area (Å²) in [5, 5.41) is 12.9. The average Bonchev–Trinajstić information content (AvgIpc) is 3.40. The van der Waals surface area contributed by atoms with Crippen LogP contribution in [0.2, 0.25) is 0 Å². The van der Waals surface area contributed by atoms with Crippen LogP contribution in [0.1, 0.15) is 16.8 Å². The van der Waals surface area contributed by atoms with E-state index in [4.69, 9.17) is 4.42 Å². The van der Waals surface area contributed by atoms with Crippen molar-refractivity contribution in [2.75, 3.05) is 6.54 Å². The van der Waals surface area contributed by atoms with Crippen molar-refractivity contribution < 1.29 is 12.8 Å². The van der Waals surface area contributed by atoms with E-state index >= 15 is 0 Å². The van der Waals surface area contributed by atoms with Crippen LogP contribution in [0.25, 0.3) is 23.0 Å². The predicted octanol–water partition coefficient (Wildman–Crippen LogP) is 3.03. The zero-order valence-electron chi connectivity index (χ0n) is 17.0. The van der Waals surface area contributed by atoms with Crippen LogP contribution in [0, 0.1) is 0 Å². The fourth-order valence-electron chi connectivity index (χ4n) is 3.87. The van der Waals surface area contributed by atoms with Crippen LogP contribution in [0.5, 0.6) is 0 Å². The fraction of sp³-hybridized carbons (Fsp3) is 0.227. The number of nitrogens with zero attached hydrogens (tertiary/aromatic N) is 5. The van der Waals surface area contributed by atoms with Gasteiger partial charge in [-0.1, -0.05) is 48.5 Å². The first kappa shape index (κ1) is 19.7. The molecule has 8 nitrogen and oxygen atoms in total. The molecule has 0 saturated heterocycles. The van der Waals surface area contributed by atoms with Gasteiger partial charge in [-0.25, -0.2) is 8.42 Å². The SMILES string of the molecule is Cn1nc(-c2nnc(-c3ccccc3)o2)c2c1CCN(S(=O)(=O)Cc1ccccc1)C2. The van der Waals surface area contributed by atoms with Gasteiger partial charge in [0.2, 0.25) is 15.9 Å². The van der Waals surface area contributed by atoms with Gasteiger partial charge in [0.1, 0.15) is 0 Å². The van der Waals surface area contributed by atoms with E-state index in [2.05, 4.69) is 15.3 Å². The molecule has 0 saturated carbocycles. The summed E-state index contributed by atoms with van der Waals surface area (Å²) in [5.41, 5.74) is 3.92. The van der Waals surface area contributed by atoms with Crippen LogP contribution in [-0.4, -0.2) is 39.2 Å². The Labute approximate surface area is 180 Å². The Kier molecular flexibility index (Phi) is 4.91. The number of fused-ring (bicyclic) bond motifs is 1. The maximum Gasteiger partial charge on any atom is 0.268 e. The quantitative estimate of drug-likeness (QED) is 0.478. The molecule has 0 unspecified atom stereocenters. The normalized spacial score (nSPS) is 14.5. The van der Waals surface area contributed by atoms with E-state index < -0.39 is 10.0 Å². The molecule has 0 radical (unpaired) electrons. The van der Waals surface area contributed by atoms with Crippen LogP contribution in [-0.2, 0) is 35.8 Å². The maximum absolute atomic E-state index is 13.1. The number of aryl methyl sites for hydroxylation is 1. The van der Waals surface area contributed by atoms with Gasteiger partial charge in [-0.05, 0) is 17.7 Å². The molecule has 0 N–H and O–H groups in total. The van der Waals surface area contributed by atoms with Crippen molar-refractivity contribution in [1.82, 2.24) is 24.3 Å². The van der Waals surface area contributed by atoms with E-state index in [9.17, 15) is 8.42 Å². The summed E-state index contributed by atoms with van der Waals surface area (Å²) in [6, 6.07) is 18.7. The highest BCUT2D eigenvalue weighted by atomic mass is 32.2. The van der Waals surface area contributed by atoms with E-state index in [-0.39, 0.29) is 18.2 Å². The monoisotopic (exact) mass is 435 g/mol. The van der Waals surface area contributed by atoms with Crippen molar-refractivity contribution in [1.29, 1.82) is 0 Å². The standard InChI is InChI=1S/C22H21N5O3S/c1-26-19-12-13-27(31(28,29)15-16-8-4-2-5-9-16)14-18(19)20(25-26)22-24-23-21(30-22)17-10-6-3-7-11-17/h2-11H,12-15H2,1H3. The Morgan fingerprint density at radius 2 is 1.65 bits per heavy atom. The van der Waals surface area contributed by atoms with Gasteiger partial charge < -0.3 is 4.42 Å². The lowest BCUT2D eigenvalue weighted by molar-refractivity contribution is 0.385. The molecule has 0 atom stereocenters. The first-order valence-corrected chi connectivity index (χ1v) is 11.6. The minimum atomic E-state index is -3.48. The van der Waals surface area contributed by atoms with Gasteiger partial charge in [0.05, 0.1) is 5.75 Å². The first-order chi connectivity index (χ1) is 15.0. The molecule has 2 aromatic heterocycles. The van der Waals surface area contributed by atoms with Gasteiger partial charge >= 0.3 is 0 Å². The zero-order chi connectivity index (χ0) is 21.4. The highest BCUT2D eigenvalue weighted by Crippen LogP contribution is 2.32. The second-order valence-corrected chi connectivity index (χ2v) is 9.47. The van der Waals surface area contributed by atoms with Crippen molar-refractivity contribution in [3.8, 4) is 23.0 Å². The van der Waals surface area contributed by atoms with Gasteiger partial charge in [0.15, 0.2) is 5.69 Å². The molecule has 0 amide bonds. The van der Waals surface area contributed by atoms with Gasteiger partial charge in [-0.2, -0.15) is 9.40 Å². The molecule has 1 aliphatic rings. The van der Waals surface area contributed by atoms with Crippen molar-refractivity contribution >= 4 is 10.0 Å². The molecule has 2 aromatic carbocycles. The van der Waals surface area contributed by atoms with Gasteiger partial charge in [0, 0.05) is 43.4 Å². The van der Waals surface area contributed by atoms with E-state index in [1.165, 1.54) is 4.31 Å². The average molecular weight is 436 g/mol. The van der Waals surface area contributed by atoms with Crippen molar-refractivity contribution in [3.05, 3.63) is 77.5 Å². The highest BCUT2D eigenvalue weighted by Gasteiger charge is 2.32. The van der Waals surface area contributed by atoms with Crippen LogP contribution in [0.4, 0.5) is 0 Å². The van der Waals surface area contributed by atoms with Crippen molar-refractivity contribution in [2.45, 2.75) is 18.7 Å². The molecular formula is C22H21N5O3S. The van der Waals surface area contributed by atoms with Gasteiger partial charge in [0.25, 0.3) is 5.89 Å². The predicted molar refractivity (Wildman–Crippen MR) is 115 cm³/mol. The fourth-order valence-corrected chi connectivity index (χ4v) is 5.36. The summed E-state index contributed by atoms with van der Waals surface area (Å²) in [6.45, 7) is 0.650. The summed E-state index contributed by atoms with van der Waals surface area (Å²) in [5.74, 6) is 0.662. The number of sulfonamides is 1. The minimum absolute atomic E-state index is 0.0303. The summed E-state index contributed by atoms with van der Waals surface area (Å²) in [6.07, 6.45) is 0.576. The Morgan fingerprint density at radius 1 is 0.968 bits per heavy atom. The number of aromatic nitrogens is 4. The molecule has 0 fully saturated rings. The van der Waals surface area contributed by atoms with Crippen LogP contribution in [0.3, 0.4) is 0 Å². The lowest BCUT2D eigenvalue weighted by Gasteiger charge is -2.26. The maximum atomic E-state index is 13.1. The summed E-state index contributed by atoms with van der Waals surface area (Å²) >= 11 is 0. The van der Waals surface area contributed by atoms with Crippen molar-refractivity contribution in [2.24, 2.45) is 7.05 Å². The molecule has 0 spiro atoms. The Balaban J connectivity index is 1.45. The first-order valence-electron chi connectivity index (χ1n) is 9.97. The third kappa shape index (κ3) is 3.77. The molecule has 0 aliphatic carbocycles. The zero-order valence-corrected chi connectivity index (χ0v) is 17.8. The molecule has 1 aliphatic heterocycles. The highest BCUT2D eigenvalue weighted by molar-refractivity contribution is 7.88. The summed E-state index contributed by atoms with van der Waals surface area (Å²) in [7, 11) is -1.62. The van der Waals surface area contributed by atoms with Crippen molar-refractivity contribution in [3.63, 3.8) is 0 Å². The molecule has 158 valence electrons. The number of hydrogen-bond donors (Lipinski definition) is 0. The minimum Gasteiger partial charge on any atom is -0.415 e. The van der Waals surface area contributed by atoms with Gasteiger partial charge in [-0.3, -0.25) is 4.68 Å². The van der Waals surface area contributed by atoms with Crippen LogP contribution < -0.4 is 0 Å². The smallest absolute Gasteiger partial charge is 0.268 e. The molecule has 3 heterocycles. The Bertz CT molecular complexity index is 1310. The molecule has 31 heavy (non-hydrogen) atoms. The number of hydrogen-bond acceptors (Lipinski definition) is 6. The Hall–Kier alpha value is -3.30. The molecule has 5 rings (SSSR count). The van der Waals surface area contributed by atoms with Crippen LogP contribution >= 0.6 is 0 Å². The van der Waals surface area contributed by atoms with Gasteiger partial charge in [-0.15, -0.1) is 10.2 Å². The molecular weight excluding hydrogens is 414 g/mol. The van der Waals surface area contributed by atoms with E-state index in [1.807, 2.05) is 67.7 Å². The lowest BCUT2D eigenvalue weighted by Crippen LogP contribution is -2.37. The van der Waals surface area contributed by atoms with E-state index in [0.717, 1.165) is 22.4 Å². The third-order valence-corrected chi connectivity index (χ3v) is 7.24. The second kappa shape index (κ2) is 7.75. The molecule has 9 heteroatoms. The second-order valence-electron chi connectivity index (χ2n) is 7.50. The largest absolute Gasteiger partial charge is 0.415 e. The van der Waals surface area contributed by atoms with E-state index in [0.29, 0.717) is 24.6 Å². The summed E-state index contributed by atoms with van der Waals surface area (Å²) < 4.78 is 35.3. The topological polar surface area (TPSA) is 94.1 Å².